The van der Waals surface area contributed by atoms with E-state index in [9.17, 15) is 15.2 Å². The molecule has 78 valence electrons. The van der Waals surface area contributed by atoms with Gasteiger partial charge >= 0.3 is 0 Å². The van der Waals surface area contributed by atoms with Gasteiger partial charge in [-0.15, -0.1) is 0 Å². The molecule has 0 fully saturated rings. The highest BCUT2D eigenvalue weighted by molar-refractivity contribution is 9.09. The molecule has 0 saturated carbocycles. The van der Waals surface area contributed by atoms with Crippen molar-refractivity contribution in [2.75, 3.05) is 5.33 Å². The molecule has 0 unspecified atom stereocenters. The Morgan fingerprint density at radius 3 is 2.87 bits per heavy atom. The summed E-state index contributed by atoms with van der Waals surface area (Å²) in [7, 11) is 0. The van der Waals surface area contributed by atoms with Crippen LogP contribution in [0, 0.1) is 22.0 Å². The fourth-order valence-electron chi connectivity index (χ4n) is 0.943. The average Bonchev–Trinajstić information content (AvgIpc) is 2.20. The van der Waals surface area contributed by atoms with E-state index in [0.717, 1.165) is 5.33 Å². The number of hydrogen-bond acceptors (Lipinski definition) is 3. The Hall–Kier alpha value is -1.54. The van der Waals surface area contributed by atoms with Crippen molar-refractivity contribution in [3.8, 4) is 17.6 Å². The summed E-state index contributed by atoms with van der Waals surface area (Å²) in [5.74, 6) is 5.41. The summed E-state index contributed by atoms with van der Waals surface area (Å²) in [4.78, 5) is 9.94. The molecule has 1 N–H and O–H groups in total. The Labute approximate surface area is 95.2 Å². The van der Waals surface area contributed by atoms with E-state index in [4.69, 9.17) is 0 Å². The second kappa shape index (κ2) is 5.37. The van der Waals surface area contributed by atoms with Crippen LogP contribution in [0.3, 0.4) is 0 Å². The molecule has 0 amide bonds. The van der Waals surface area contributed by atoms with Gasteiger partial charge in [0.2, 0.25) is 0 Å². The molecular weight excluding hydrogens is 262 g/mol. The van der Waals surface area contributed by atoms with Gasteiger partial charge in [0.05, 0.1) is 10.5 Å². The second-order valence-electron chi connectivity index (χ2n) is 2.70. The predicted octanol–water partition coefficient (Wildman–Crippen LogP) is 2.44. The smallest absolute Gasteiger partial charge is 0.270 e. The van der Waals surface area contributed by atoms with E-state index in [-0.39, 0.29) is 17.0 Å². The molecule has 0 aliphatic rings. The number of nitro groups is 1. The average molecular weight is 270 g/mol. The van der Waals surface area contributed by atoms with Crippen LogP contribution in [0.4, 0.5) is 5.69 Å². The fourth-order valence-corrected chi connectivity index (χ4v) is 1.14. The second-order valence-corrected chi connectivity index (χ2v) is 3.49. The van der Waals surface area contributed by atoms with Crippen LogP contribution in [-0.2, 0) is 0 Å². The van der Waals surface area contributed by atoms with Gasteiger partial charge in [-0.1, -0.05) is 27.8 Å². The van der Waals surface area contributed by atoms with Crippen molar-refractivity contribution in [1.82, 2.24) is 0 Å². The number of rotatable bonds is 2. The van der Waals surface area contributed by atoms with Crippen LogP contribution >= 0.6 is 15.9 Å². The Morgan fingerprint density at radius 2 is 2.27 bits per heavy atom. The highest BCUT2D eigenvalue weighted by atomic mass is 79.9. The first-order valence-corrected chi connectivity index (χ1v) is 5.29. The largest absolute Gasteiger partial charge is 0.507 e. The van der Waals surface area contributed by atoms with Crippen LogP contribution in [0.5, 0.6) is 5.75 Å². The molecule has 4 nitrogen and oxygen atoms in total. The maximum atomic E-state index is 10.5. The third-order valence-electron chi connectivity index (χ3n) is 1.63. The molecular formula is C10H8BrNO3. The number of nitrogens with zero attached hydrogens (tertiary/aromatic N) is 1. The van der Waals surface area contributed by atoms with Gasteiger partial charge in [-0.3, -0.25) is 10.1 Å². The van der Waals surface area contributed by atoms with Gasteiger partial charge in [0, 0.05) is 23.9 Å². The molecule has 5 heteroatoms. The lowest BCUT2D eigenvalue weighted by Crippen LogP contribution is -1.88. The van der Waals surface area contributed by atoms with Crippen molar-refractivity contribution in [2.45, 2.75) is 6.42 Å². The van der Waals surface area contributed by atoms with Gasteiger partial charge in [0.15, 0.2) is 0 Å². The highest BCUT2D eigenvalue weighted by Crippen LogP contribution is 2.21. The van der Waals surface area contributed by atoms with Crippen LogP contribution in [-0.4, -0.2) is 15.4 Å². The number of phenols is 1. The Morgan fingerprint density at radius 1 is 1.53 bits per heavy atom. The molecule has 0 radical (unpaired) electrons. The van der Waals surface area contributed by atoms with E-state index >= 15 is 0 Å². The zero-order valence-electron chi connectivity index (χ0n) is 7.74. The summed E-state index contributed by atoms with van der Waals surface area (Å²) in [6.07, 6.45) is 0.627. The molecule has 0 atom stereocenters. The SMILES string of the molecule is O=[N+]([O-])c1ccc(O)c(C#CCCBr)c1. The maximum absolute atomic E-state index is 10.5. The zero-order chi connectivity index (χ0) is 11.3. The highest BCUT2D eigenvalue weighted by Gasteiger charge is 2.08. The first kappa shape index (κ1) is 11.5. The van der Waals surface area contributed by atoms with Crippen LogP contribution < -0.4 is 0 Å². The lowest BCUT2D eigenvalue weighted by atomic mass is 10.2. The molecule has 0 aliphatic carbocycles. The zero-order valence-corrected chi connectivity index (χ0v) is 9.32. The molecule has 1 rings (SSSR count). The van der Waals surface area contributed by atoms with Crippen LogP contribution in [0.15, 0.2) is 18.2 Å². The minimum absolute atomic E-state index is 0.0392. The van der Waals surface area contributed by atoms with Gasteiger partial charge in [-0.2, -0.15) is 0 Å². The summed E-state index contributed by atoms with van der Waals surface area (Å²) in [5, 5.41) is 20.6. The van der Waals surface area contributed by atoms with Crippen LogP contribution in [0.2, 0.25) is 0 Å². The van der Waals surface area contributed by atoms with E-state index in [1.807, 2.05) is 0 Å². The molecule has 0 spiro atoms. The Kier molecular flexibility index (Phi) is 4.13. The van der Waals surface area contributed by atoms with E-state index < -0.39 is 4.92 Å². The molecule has 0 heterocycles. The summed E-state index contributed by atoms with van der Waals surface area (Å²) in [6.45, 7) is 0. The fraction of sp³-hybridized carbons (Fsp3) is 0.200. The summed E-state index contributed by atoms with van der Waals surface area (Å²) in [5.41, 5.74) is 0.209. The number of benzene rings is 1. The van der Waals surface area contributed by atoms with E-state index in [1.165, 1.54) is 18.2 Å². The normalized spacial score (nSPS) is 9.13. The van der Waals surface area contributed by atoms with E-state index in [1.54, 1.807) is 0 Å². The lowest BCUT2D eigenvalue weighted by molar-refractivity contribution is -0.384. The molecule has 0 bridgehead atoms. The van der Waals surface area contributed by atoms with Gasteiger partial charge in [-0.05, 0) is 6.07 Å². The molecule has 0 aliphatic heterocycles. The topological polar surface area (TPSA) is 63.4 Å². The predicted molar refractivity (Wildman–Crippen MR) is 60.1 cm³/mol. The van der Waals surface area contributed by atoms with Gasteiger partial charge in [0.1, 0.15) is 5.75 Å². The lowest BCUT2D eigenvalue weighted by Gasteiger charge is -1.96. The van der Waals surface area contributed by atoms with Crippen LogP contribution in [0.1, 0.15) is 12.0 Å². The molecule has 1 aromatic carbocycles. The van der Waals surface area contributed by atoms with Gasteiger partial charge in [0.25, 0.3) is 5.69 Å². The minimum Gasteiger partial charge on any atom is -0.507 e. The van der Waals surface area contributed by atoms with E-state index in [2.05, 4.69) is 27.8 Å². The molecule has 15 heavy (non-hydrogen) atoms. The number of phenolic OH excluding ortho intramolecular Hbond substituents is 1. The Balaban J connectivity index is 3.02. The Bertz CT molecular complexity index is 434. The standard InChI is InChI=1S/C10H8BrNO3/c11-6-2-1-3-8-7-9(12(14)15)4-5-10(8)13/h4-5,7,13H,2,6H2. The number of halogens is 1. The van der Waals surface area contributed by atoms with Gasteiger partial charge in [-0.25, -0.2) is 0 Å². The summed E-state index contributed by atoms with van der Waals surface area (Å²) >= 11 is 3.21. The molecule has 0 aromatic heterocycles. The van der Waals surface area contributed by atoms with Gasteiger partial charge < -0.3 is 5.11 Å². The first-order valence-electron chi connectivity index (χ1n) is 4.17. The quantitative estimate of drug-likeness (QED) is 0.388. The van der Waals surface area contributed by atoms with Crippen molar-refractivity contribution in [1.29, 1.82) is 0 Å². The summed E-state index contributed by atoms with van der Waals surface area (Å²) < 4.78 is 0. The number of aromatic hydroxyl groups is 1. The monoisotopic (exact) mass is 269 g/mol. The van der Waals surface area contributed by atoms with Crippen molar-refractivity contribution >= 4 is 21.6 Å². The first-order chi connectivity index (χ1) is 7.15. The molecule has 0 saturated heterocycles. The number of nitro benzene ring substituents is 1. The van der Waals surface area contributed by atoms with Crippen LogP contribution in [0.25, 0.3) is 0 Å². The minimum atomic E-state index is -0.519. The summed E-state index contributed by atoms with van der Waals surface area (Å²) in [6, 6.07) is 3.78. The maximum Gasteiger partial charge on any atom is 0.270 e. The third kappa shape index (κ3) is 3.26. The van der Waals surface area contributed by atoms with Crippen molar-refractivity contribution in [3.63, 3.8) is 0 Å². The van der Waals surface area contributed by atoms with E-state index in [0.29, 0.717) is 6.42 Å². The number of alkyl halides is 1. The number of hydrogen-bond donors (Lipinski definition) is 1. The number of non-ortho nitro benzene ring substituents is 1. The molecule has 1 aromatic rings. The van der Waals surface area contributed by atoms with Crippen molar-refractivity contribution in [2.24, 2.45) is 0 Å². The third-order valence-corrected chi connectivity index (χ3v) is 2.03. The van der Waals surface area contributed by atoms with Crippen molar-refractivity contribution in [3.05, 3.63) is 33.9 Å². The van der Waals surface area contributed by atoms with Crippen molar-refractivity contribution < 1.29 is 10.0 Å².